The van der Waals surface area contributed by atoms with E-state index in [-0.39, 0.29) is 5.69 Å². The topological polar surface area (TPSA) is 24.5 Å². The van der Waals surface area contributed by atoms with Crippen LogP contribution in [0.15, 0.2) is 18.2 Å². The van der Waals surface area contributed by atoms with Crippen LogP contribution in [0.2, 0.25) is 0 Å². The largest absolute Gasteiger partial charge is 0.383 e. The number of nitrogens with one attached hydrogen (secondary N) is 1. The molecule has 3 nitrogen and oxygen atoms in total. The van der Waals surface area contributed by atoms with Gasteiger partial charge in [0, 0.05) is 19.6 Å². The molecule has 1 saturated heterocycles. The van der Waals surface area contributed by atoms with E-state index in [0.29, 0.717) is 6.54 Å². The molecular weight excluding hydrogens is 238 g/mol. The molecule has 1 heterocycles. The Labute approximate surface area is 106 Å². The lowest BCUT2D eigenvalue weighted by molar-refractivity contribution is 0.0378. The molecule has 18 heavy (non-hydrogen) atoms. The maximum Gasteiger partial charge on any atom is 0.146 e. The lowest BCUT2D eigenvalue weighted by Gasteiger charge is -2.26. The first-order valence-electron chi connectivity index (χ1n) is 6.25. The van der Waals surface area contributed by atoms with E-state index in [9.17, 15) is 8.78 Å². The van der Waals surface area contributed by atoms with Crippen LogP contribution in [0.3, 0.4) is 0 Å². The van der Waals surface area contributed by atoms with Crippen molar-refractivity contribution in [2.75, 3.05) is 44.7 Å². The van der Waals surface area contributed by atoms with Crippen molar-refractivity contribution in [2.24, 2.45) is 0 Å². The van der Waals surface area contributed by atoms with Crippen LogP contribution in [0.25, 0.3) is 0 Å². The summed E-state index contributed by atoms with van der Waals surface area (Å²) in [5, 5.41) is 2.92. The molecule has 1 aromatic rings. The van der Waals surface area contributed by atoms with Gasteiger partial charge < -0.3 is 10.1 Å². The number of hydrogen-bond acceptors (Lipinski definition) is 3. The molecule has 0 aromatic heterocycles. The van der Waals surface area contributed by atoms with E-state index in [2.05, 4.69) is 10.2 Å². The molecule has 0 amide bonds. The Morgan fingerprint density at radius 1 is 1.22 bits per heavy atom. The first kappa shape index (κ1) is 13.2. The number of anilines is 1. The van der Waals surface area contributed by atoms with Crippen molar-refractivity contribution < 1.29 is 13.5 Å². The zero-order valence-corrected chi connectivity index (χ0v) is 10.3. The first-order valence-corrected chi connectivity index (χ1v) is 6.25. The van der Waals surface area contributed by atoms with Gasteiger partial charge in [-0.15, -0.1) is 0 Å². The smallest absolute Gasteiger partial charge is 0.146 e. The van der Waals surface area contributed by atoms with E-state index < -0.39 is 11.6 Å². The van der Waals surface area contributed by atoms with Crippen LogP contribution < -0.4 is 5.32 Å². The van der Waals surface area contributed by atoms with Crippen LogP contribution in [0.1, 0.15) is 6.42 Å². The highest BCUT2D eigenvalue weighted by molar-refractivity contribution is 5.44. The average Bonchev–Trinajstić information content (AvgIpc) is 2.40. The zero-order valence-electron chi connectivity index (χ0n) is 10.3. The highest BCUT2D eigenvalue weighted by Gasteiger charge is 2.09. The summed E-state index contributed by atoms with van der Waals surface area (Å²) in [5.74, 6) is -0.838. The molecule has 2 rings (SSSR count). The summed E-state index contributed by atoms with van der Waals surface area (Å²) in [7, 11) is 0. The quantitative estimate of drug-likeness (QED) is 0.816. The van der Waals surface area contributed by atoms with Crippen LogP contribution in [-0.4, -0.2) is 44.3 Å². The van der Waals surface area contributed by atoms with E-state index in [1.807, 2.05) is 0 Å². The molecule has 0 spiro atoms. The number of benzene rings is 1. The molecule has 0 saturated carbocycles. The molecule has 0 bridgehead atoms. The highest BCUT2D eigenvalue weighted by atomic mass is 19.1. The van der Waals surface area contributed by atoms with Crippen molar-refractivity contribution in [1.82, 2.24) is 4.90 Å². The van der Waals surface area contributed by atoms with Gasteiger partial charge in [-0.05, 0) is 31.2 Å². The Morgan fingerprint density at radius 3 is 2.78 bits per heavy atom. The molecule has 1 aromatic carbocycles. The second-order valence-corrected chi connectivity index (χ2v) is 4.36. The maximum atomic E-state index is 13.3. The Hall–Kier alpha value is -1.20. The van der Waals surface area contributed by atoms with Crippen molar-refractivity contribution in [3.63, 3.8) is 0 Å². The van der Waals surface area contributed by atoms with Gasteiger partial charge in [0.2, 0.25) is 0 Å². The van der Waals surface area contributed by atoms with E-state index in [1.165, 1.54) is 6.07 Å². The minimum absolute atomic E-state index is 0.233. The summed E-state index contributed by atoms with van der Waals surface area (Å²) < 4.78 is 31.5. The predicted octanol–water partition coefficient (Wildman–Crippen LogP) is 2.10. The Kier molecular flexibility index (Phi) is 4.90. The number of halogens is 2. The standard InChI is InChI=1S/C13H18F2N2O/c14-11-2-3-12(15)13(10-11)16-4-1-5-17-6-8-18-9-7-17/h2-3,10,16H,1,4-9H2. The molecule has 1 N–H and O–H groups in total. The van der Waals surface area contributed by atoms with E-state index >= 15 is 0 Å². The Balaban J connectivity index is 1.69. The highest BCUT2D eigenvalue weighted by Crippen LogP contribution is 2.15. The minimum Gasteiger partial charge on any atom is -0.383 e. The summed E-state index contributed by atoms with van der Waals surface area (Å²) in [4.78, 5) is 2.31. The second kappa shape index (κ2) is 6.66. The summed E-state index contributed by atoms with van der Waals surface area (Å²) in [6.45, 7) is 5.06. The lowest BCUT2D eigenvalue weighted by Crippen LogP contribution is -2.37. The fourth-order valence-electron chi connectivity index (χ4n) is 1.98. The van der Waals surface area contributed by atoms with Gasteiger partial charge in [-0.3, -0.25) is 4.90 Å². The fraction of sp³-hybridized carbons (Fsp3) is 0.538. The SMILES string of the molecule is Fc1ccc(F)c(NCCCN2CCOCC2)c1. The van der Waals surface area contributed by atoms with E-state index in [1.54, 1.807) is 0 Å². The van der Waals surface area contributed by atoms with Crippen molar-refractivity contribution in [2.45, 2.75) is 6.42 Å². The normalized spacial score (nSPS) is 16.8. The van der Waals surface area contributed by atoms with Gasteiger partial charge in [0.15, 0.2) is 0 Å². The molecule has 1 fully saturated rings. The van der Waals surface area contributed by atoms with Gasteiger partial charge in [0.1, 0.15) is 11.6 Å². The van der Waals surface area contributed by atoms with Crippen LogP contribution in [0, 0.1) is 11.6 Å². The Morgan fingerprint density at radius 2 is 2.00 bits per heavy atom. The minimum atomic E-state index is -0.424. The number of ether oxygens (including phenoxy) is 1. The molecule has 1 aliphatic heterocycles. The number of rotatable bonds is 5. The van der Waals surface area contributed by atoms with Gasteiger partial charge in [-0.2, -0.15) is 0 Å². The van der Waals surface area contributed by atoms with Crippen molar-refractivity contribution in [1.29, 1.82) is 0 Å². The van der Waals surface area contributed by atoms with Gasteiger partial charge >= 0.3 is 0 Å². The third-order valence-corrected chi connectivity index (χ3v) is 3.00. The second-order valence-electron chi connectivity index (χ2n) is 4.36. The fourth-order valence-corrected chi connectivity index (χ4v) is 1.98. The van der Waals surface area contributed by atoms with Gasteiger partial charge in [0.25, 0.3) is 0 Å². The first-order chi connectivity index (χ1) is 8.75. The van der Waals surface area contributed by atoms with Gasteiger partial charge in [-0.1, -0.05) is 0 Å². The summed E-state index contributed by atoms with van der Waals surface area (Å²) >= 11 is 0. The number of nitrogens with zero attached hydrogens (tertiary/aromatic N) is 1. The van der Waals surface area contributed by atoms with Gasteiger partial charge in [-0.25, -0.2) is 8.78 Å². The number of hydrogen-bond donors (Lipinski definition) is 1. The zero-order chi connectivity index (χ0) is 12.8. The molecule has 1 aliphatic rings. The van der Waals surface area contributed by atoms with Gasteiger partial charge in [0.05, 0.1) is 18.9 Å². The summed E-state index contributed by atoms with van der Waals surface area (Å²) in [6, 6.07) is 3.44. The third-order valence-electron chi connectivity index (χ3n) is 3.00. The van der Waals surface area contributed by atoms with Crippen LogP contribution in [0.5, 0.6) is 0 Å². The number of morpholine rings is 1. The summed E-state index contributed by atoms with van der Waals surface area (Å²) in [5.41, 5.74) is 0.233. The molecule has 0 unspecified atom stereocenters. The molecular formula is C13H18F2N2O. The van der Waals surface area contributed by atoms with Crippen LogP contribution in [-0.2, 0) is 4.74 Å². The lowest BCUT2D eigenvalue weighted by atomic mass is 10.3. The van der Waals surface area contributed by atoms with Crippen LogP contribution in [0.4, 0.5) is 14.5 Å². The van der Waals surface area contributed by atoms with E-state index in [0.717, 1.165) is 51.4 Å². The average molecular weight is 256 g/mol. The molecule has 0 aliphatic carbocycles. The van der Waals surface area contributed by atoms with Crippen molar-refractivity contribution in [3.05, 3.63) is 29.8 Å². The van der Waals surface area contributed by atoms with Crippen molar-refractivity contribution in [3.8, 4) is 0 Å². The predicted molar refractivity (Wildman–Crippen MR) is 66.7 cm³/mol. The molecule has 100 valence electrons. The van der Waals surface area contributed by atoms with Crippen molar-refractivity contribution >= 4 is 5.69 Å². The molecule has 5 heteroatoms. The molecule has 0 atom stereocenters. The summed E-state index contributed by atoms with van der Waals surface area (Å²) in [6.07, 6.45) is 0.899. The Bertz CT molecular complexity index is 381. The van der Waals surface area contributed by atoms with E-state index in [4.69, 9.17) is 4.74 Å². The van der Waals surface area contributed by atoms with Crippen LogP contribution >= 0.6 is 0 Å². The third kappa shape index (κ3) is 3.92. The monoisotopic (exact) mass is 256 g/mol. The molecule has 0 radical (unpaired) electrons. The maximum absolute atomic E-state index is 13.3.